The highest BCUT2D eigenvalue weighted by Gasteiger charge is 2.21. The lowest BCUT2D eigenvalue weighted by Gasteiger charge is -2.18. The normalized spacial score (nSPS) is 11.9. The summed E-state index contributed by atoms with van der Waals surface area (Å²) < 4.78 is 53.5. The van der Waals surface area contributed by atoms with Gasteiger partial charge in [-0.3, -0.25) is 4.72 Å². The first-order valence-electron chi connectivity index (χ1n) is 5.59. The van der Waals surface area contributed by atoms with Crippen molar-refractivity contribution in [3.05, 3.63) is 29.3 Å². The second kappa shape index (κ2) is 6.27. The molecule has 0 fully saturated rings. The minimum Gasteiger partial charge on any atom is -0.396 e. The first-order chi connectivity index (χ1) is 8.79. The number of aliphatic hydroxyl groups is 1. The van der Waals surface area contributed by atoms with Gasteiger partial charge in [-0.05, 0) is 25.0 Å². The molecule has 0 unspecified atom stereocenters. The summed E-state index contributed by atoms with van der Waals surface area (Å²) in [5.41, 5.74) is -0.562. The molecule has 0 bridgehead atoms. The van der Waals surface area contributed by atoms with Crippen LogP contribution in [0.3, 0.4) is 0 Å². The Morgan fingerprint density at radius 1 is 1.37 bits per heavy atom. The number of benzene rings is 1. The molecule has 0 aliphatic rings. The van der Waals surface area contributed by atoms with Crippen LogP contribution < -0.4 is 4.72 Å². The molecule has 0 aromatic heterocycles. The molecule has 19 heavy (non-hydrogen) atoms. The van der Waals surface area contributed by atoms with Crippen molar-refractivity contribution >= 4 is 15.9 Å². The van der Waals surface area contributed by atoms with Crippen LogP contribution in [0.2, 0.25) is 0 Å². The van der Waals surface area contributed by atoms with Crippen LogP contribution in [0, 0.1) is 18.6 Å². The lowest BCUT2D eigenvalue weighted by Crippen LogP contribution is -2.34. The molecule has 5 nitrogen and oxygen atoms in total. The summed E-state index contributed by atoms with van der Waals surface area (Å²) in [6, 6.07) is 2.21. The molecule has 0 aliphatic carbocycles. The third-order valence-electron chi connectivity index (χ3n) is 2.56. The molecule has 0 radical (unpaired) electrons. The summed E-state index contributed by atoms with van der Waals surface area (Å²) in [5.74, 6) is -1.93. The number of hydrogen-bond acceptors (Lipinski definition) is 3. The zero-order valence-electron chi connectivity index (χ0n) is 10.7. The van der Waals surface area contributed by atoms with Crippen LogP contribution in [0.4, 0.5) is 14.5 Å². The molecule has 0 atom stereocenters. The maximum absolute atomic E-state index is 13.7. The van der Waals surface area contributed by atoms with Crippen molar-refractivity contribution in [3.63, 3.8) is 0 Å². The van der Waals surface area contributed by atoms with E-state index in [9.17, 15) is 17.2 Å². The first-order valence-corrected chi connectivity index (χ1v) is 7.03. The van der Waals surface area contributed by atoms with Gasteiger partial charge < -0.3 is 5.11 Å². The average molecular weight is 294 g/mol. The third kappa shape index (κ3) is 3.85. The number of aryl methyl sites for hydroxylation is 1. The third-order valence-corrected chi connectivity index (χ3v) is 4.02. The quantitative estimate of drug-likeness (QED) is 0.829. The SMILES string of the molecule is Cc1ccc(F)c(NS(=O)(=O)N(C)CCCO)c1F. The van der Waals surface area contributed by atoms with E-state index < -0.39 is 27.5 Å². The van der Waals surface area contributed by atoms with E-state index >= 15 is 0 Å². The van der Waals surface area contributed by atoms with E-state index in [2.05, 4.69) is 0 Å². The molecule has 0 saturated carbocycles. The fourth-order valence-electron chi connectivity index (χ4n) is 1.37. The van der Waals surface area contributed by atoms with Crippen LogP contribution in [0.5, 0.6) is 0 Å². The van der Waals surface area contributed by atoms with Crippen LogP contribution in [0.15, 0.2) is 12.1 Å². The fourth-order valence-corrected chi connectivity index (χ4v) is 2.34. The van der Waals surface area contributed by atoms with Crippen LogP contribution in [0.1, 0.15) is 12.0 Å². The van der Waals surface area contributed by atoms with Gasteiger partial charge in [0.25, 0.3) is 0 Å². The zero-order chi connectivity index (χ0) is 14.6. The van der Waals surface area contributed by atoms with Crippen molar-refractivity contribution < 1.29 is 22.3 Å². The number of rotatable bonds is 6. The Balaban J connectivity index is 2.99. The molecule has 0 spiro atoms. The Kier molecular flexibility index (Phi) is 5.21. The fraction of sp³-hybridized carbons (Fsp3) is 0.455. The van der Waals surface area contributed by atoms with E-state index in [0.717, 1.165) is 10.4 Å². The highest BCUT2D eigenvalue weighted by atomic mass is 32.2. The minimum absolute atomic E-state index is 0.0425. The number of anilines is 1. The van der Waals surface area contributed by atoms with Gasteiger partial charge in [0.2, 0.25) is 0 Å². The van der Waals surface area contributed by atoms with E-state index in [1.807, 2.05) is 4.72 Å². The van der Waals surface area contributed by atoms with Gasteiger partial charge in [0, 0.05) is 20.2 Å². The highest BCUT2D eigenvalue weighted by Crippen LogP contribution is 2.23. The smallest absolute Gasteiger partial charge is 0.301 e. The first kappa shape index (κ1) is 15.8. The van der Waals surface area contributed by atoms with Gasteiger partial charge in [-0.1, -0.05) is 6.07 Å². The van der Waals surface area contributed by atoms with E-state index in [-0.39, 0.29) is 25.1 Å². The van der Waals surface area contributed by atoms with Gasteiger partial charge in [-0.15, -0.1) is 0 Å². The molecule has 1 aromatic carbocycles. The largest absolute Gasteiger partial charge is 0.396 e. The second-order valence-corrected chi connectivity index (χ2v) is 5.84. The molecule has 8 heteroatoms. The molecule has 108 valence electrons. The van der Waals surface area contributed by atoms with Gasteiger partial charge in [0.05, 0.1) is 0 Å². The number of halogens is 2. The number of nitrogens with zero attached hydrogens (tertiary/aromatic N) is 1. The minimum atomic E-state index is -4.06. The summed E-state index contributed by atoms with van der Waals surface area (Å²) in [6.45, 7) is 1.27. The standard InChI is InChI=1S/C11H16F2N2O3S/c1-8-4-5-9(12)11(10(8)13)14-19(17,18)15(2)6-3-7-16/h4-5,14,16H,3,6-7H2,1-2H3. The highest BCUT2D eigenvalue weighted by molar-refractivity contribution is 7.90. The Hall–Kier alpha value is -1.25. The average Bonchev–Trinajstić information content (AvgIpc) is 2.36. The summed E-state index contributed by atoms with van der Waals surface area (Å²) in [7, 11) is -2.80. The van der Waals surface area contributed by atoms with Crippen molar-refractivity contribution in [3.8, 4) is 0 Å². The monoisotopic (exact) mass is 294 g/mol. The number of hydrogen-bond donors (Lipinski definition) is 2. The summed E-state index contributed by atoms with van der Waals surface area (Å²) in [5, 5.41) is 8.63. The van der Waals surface area contributed by atoms with Crippen LogP contribution in [-0.4, -0.2) is 38.0 Å². The van der Waals surface area contributed by atoms with Gasteiger partial charge in [-0.2, -0.15) is 12.7 Å². The molecule has 0 amide bonds. The van der Waals surface area contributed by atoms with Crippen molar-refractivity contribution in [1.82, 2.24) is 4.31 Å². The van der Waals surface area contributed by atoms with Crippen molar-refractivity contribution in [2.75, 3.05) is 24.9 Å². The van der Waals surface area contributed by atoms with E-state index in [4.69, 9.17) is 5.11 Å². The molecule has 1 aromatic rings. The number of nitrogens with one attached hydrogen (secondary N) is 1. The van der Waals surface area contributed by atoms with E-state index in [0.29, 0.717) is 0 Å². The Labute approximate surface area is 111 Å². The summed E-state index contributed by atoms with van der Waals surface area (Å²) in [6.07, 6.45) is 0.232. The van der Waals surface area contributed by atoms with Crippen LogP contribution >= 0.6 is 0 Å². The van der Waals surface area contributed by atoms with Gasteiger partial charge in [0.15, 0.2) is 5.82 Å². The maximum Gasteiger partial charge on any atom is 0.301 e. The molecular weight excluding hydrogens is 278 g/mol. The maximum atomic E-state index is 13.7. The Bertz CT molecular complexity index is 549. The predicted octanol–water partition coefficient (Wildman–Crippen LogP) is 1.24. The summed E-state index contributed by atoms with van der Waals surface area (Å²) in [4.78, 5) is 0. The molecule has 1 rings (SSSR count). The molecule has 0 aliphatic heterocycles. The number of aliphatic hydroxyl groups excluding tert-OH is 1. The van der Waals surface area contributed by atoms with Crippen LogP contribution in [-0.2, 0) is 10.2 Å². The van der Waals surface area contributed by atoms with Crippen molar-refractivity contribution in [1.29, 1.82) is 0 Å². The molecular formula is C11H16F2N2O3S. The predicted molar refractivity (Wildman–Crippen MR) is 68.0 cm³/mol. The van der Waals surface area contributed by atoms with Crippen LogP contribution in [0.25, 0.3) is 0 Å². The topological polar surface area (TPSA) is 69.6 Å². The van der Waals surface area contributed by atoms with E-state index in [1.165, 1.54) is 20.0 Å². The van der Waals surface area contributed by atoms with Gasteiger partial charge in [-0.25, -0.2) is 8.78 Å². The summed E-state index contributed by atoms with van der Waals surface area (Å²) >= 11 is 0. The van der Waals surface area contributed by atoms with Gasteiger partial charge in [0.1, 0.15) is 11.5 Å². The zero-order valence-corrected chi connectivity index (χ0v) is 11.5. The second-order valence-electron chi connectivity index (χ2n) is 4.06. The molecule has 0 heterocycles. The van der Waals surface area contributed by atoms with Crippen molar-refractivity contribution in [2.45, 2.75) is 13.3 Å². The van der Waals surface area contributed by atoms with Gasteiger partial charge >= 0.3 is 10.2 Å². The van der Waals surface area contributed by atoms with E-state index in [1.54, 1.807) is 0 Å². The molecule has 2 N–H and O–H groups in total. The lowest BCUT2D eigenvalue weighted by molar-refractivity contribution is 0.276. The Morgan fingerprint density at radius 2 is 2.00 bits per heavy atom. The lowest BCUT2D eigenvalue weighted by atomic mass is 10.2. The van der Waals surface area contributed by atoms with Crippen molar-refractivity contribution in [2.24, 2.45) is 0 Å². The Morgan fingerprint density at radius 3 is 2.58 bits per heavy atom. The molecule has 0 saturated heterocycles.